The van der Waals surface area contributed by atoms with Gasteiger partial charge in [-0.15, -0.1) is 0 Å². The molecule has 2 heterocycles. The molecule has 4 atom stereocenters. The SMILES string of the molecule is CC(C)C(NC(=O)C1CCCN1)C(=O)N1CCCC1C(=O)NC(CCC(N)=O)C(=O)O. The predicted molar refractivity (Wildman–Crippen MR) is 111 cm³/mol. The van der Waals surface area contributed by atoms with Gasteiger partial charge in [0.15, 0.2) is 0 Å². The van der Waals surface area contributed by atoms with Gasteiger partial charge >= 0.3 is 5.97 Å². The molecule has 0 bridgehead atoms. The van der Waals surface area contributed by atoms with Gasteiger partial charge in [0, 0.05) is 13.0 Å². The Labute approximate surface area is 181 Å². The summed E-state index contributed by atoms with van der Waals surface area (Å²) in [5, 5.41) is 17.6. The molecular weight excluding hydrogens is 406 g/mol. The number of nitrogens with zero attached hydrogens (tertiary/aromatic N) is 1. The van der Waals surface area contributed by atoms with Crippen LogP contribution >= 0.6 is 0 Å². The number of nitrogens with two attached hydrogens (primary N) is 1. The molecular formula is C20H33N5O6. The number of carbonyl (C=O) groups excluding carboxylic acids is 4. The fourth-order valence-electron chi connectivity index (χ4n) is 3.97. The zero-order valence-electron chi connectivity index (χ0n) is 18.1. The predicted octanol–water partition coefficient (Wildman–Crippen LogP) is -1.29. The van der Waals surface area contributed by atoms with E-state index >= 15 is 0 Å². The van der Waals surface area contributed by atoms with E-state index in [1.54, 1.807) is 0 Å². The standard InChI is InChI=1S/C20H33N5O6/c1-11(2)16(24-17(27)12-5-3-9-22-12)19(29)25-10-4-6-14(25)18(28)23-13(20(30)31)7-8-15(21)26/h11-14,16,22H,3-10H2,1-2H3,(H2,21,26)(H,23,28)(H,24,27)(H,30,31). The summed E-state index contributed by atoms with van der Waals surface area (Å²) < 4.78 is 0. The van der Waals surface area contributed by atoms with E-state index in [4.69, 9.17) is 5.73 Å². The molecule has 174 valence electrons. The third-order valence-corrected chi connectivity index (χ3v) is 5.74. The first-order valence-electron chi connectivity index (χ1n) is 10.8. The molecule has 2 saturated heterocycles. The molecule has 4 unspecified atom stereocenters. The minimum absolute atomic E-state index is 0.129. The Kier molecular flexibility index (Phi) is 8.78. The van der Waals surface area contributed by atoms with Crippen molar-refractivity contribution in [3.8, 4) is 0 Å². The lowest BCUT2D eigenvalue weighted by atomic mass is 10.0. The Bertz CT molecular complexity index is 706. The van der Waals surface area contributed by atoms with Gasteiger partial charge in [0.25, 0.3) is 0 Å². The van der Waals surface area contributed by atoms with Crippen molar-refractivity contribution in [3.63, 3.8) is 0 Å². The molecule has 4 amide bonds. The van der Waals surface area contributed by atoms with Crippen LogP contribution in [0.4, 0.5) is 0 Å². The number of amides is 4. The molecule has 0 aliphatic carbocycles. The number of nitrogens with one attached hydrogen (secondary N) is 3. The highest BCUT2D eigenvalue weighted by Crippen LogP contribution is 2.21. The fraction of sp³-hybridized carbons (Fsp3) is 0.750. The summed E-state index contributed by atoms with van der Waals surface area (Å²) in [6.07, 6.45) is 2.28. The lowest BCUT2D eigenvalue weighted by molar-refractivity contribution is -0.145. The van der Waals surface area contributed by atoms with Crippen molar-refractivity contribution in [1.29, 1.82) is 0 Å². The van der Waals surface area contributed by atoms with Gasteiger partial charge in [-0.1, -0.05) is 13.8 Å². The van der Waals surface area contributed by atoms with E-state index in [0.29, 0.717) is 25.8 Å². The average Bonchev–Trinajstić information content (AvgIpc) is 3.39. The minimum atomic E-state index is -1.28. The molecule has 2 fully saturated rings. The van der Waals surface area contributed by atoms with Crippen LogP contribution in [0.5, 0.6) is 0 Å². The maximum atomic E-state index is 13.2. The molecule has 2 aliphatic heterocycles. The summed E-state index contributed by atoms with van der Waals surface area (Å²) in [5.74, 6) is -3.31. The number of hydrogen-bond acceptors (Lipinski definition) is 6. The van der Waals surface area contributed by atoms with Gasteiger partial charge in [-0.05, 0) is 44.6 Å². The summed E-state index contributed by atoms with van der Waals surface area (Å²) >= 11 is 0. The third kappa shape index (κ3) is 6.65. The molecule has 6 N–H and O–H groups in total. The van der Waals surface area contributed by atoms with Crippen LogP contribution in [0.15, 0.2) is 0 Å². The van der Waals surface area contributed by atoms with Crippen molar-refractivity contribution in [2.24, 2.45) is 11.7 Å². The Morgan fingerprint density at radius 3 is 2.35 bits per heavy atom. The Balaban J connectivity index is 2.05. The number of carboxylic acids is 1. The van der Waals surface area contributed by atoms with Crippen LogP contribution < -0.4 is 21.7 Å². The first kappa shape index (κ1) is 24.6. The number of hydrogen-bond donors (Lipinski definition) is 5. The normalized spacial score (nSPS) is 22.7. The number of primary amides is 1. The smallest absolute Gasteiger partial charge is 0.326 e. The van der Waals surface area contributed by atoms with Crippen LogP contribution in [0.3, 0.4) is 0 Å². The molecule has 11 nitrogen and oxygen atoms in total. The molecule has 2 rings (SSSR count). The van der Waals surface area contributed by atoms with Gasteiger partial charge in [-0.2, -0.15) is 0 Å². The zero-order chi connectivity index (χ0) is 23.1. The van der Waals surface area contributed by atoms with Crippen LogP contribution in [0, 0.1) is 5.92 Å². The van der Waals surface area contributed by atoms with E-state index in [2.05, 4.69) is 16.0 Å². The van der Waals surface area contributed by atoms with Crippen LogP contribution in [-0.4, -0.2) is 76.9 Å². The van der Waals surface area contributed by atoms with E-state index in [1.165, 1.54) is 4.90 Å². The molecule has 11 heteroatoms. The van der Waals surface area contributed by atoms with Crippen molar-refractivity contribution in [3.05, 3.63) is 0 Å². The zero-order valence-corrected chi connectivity index (χ0v) is 18.1. The van der Waals surface area contributed by atoms with Gasteiger partial charge in [0.1, 0.15) is 18.1 Å². The summed E-state index contributed by atoms with van der Waals surface area (Å²) in [4.78, 5) is 62.3. The minimum Gasteiger partial charge on any atom is -0.480 e. The van der Waals surface area contributed by atoms with Crippen LogP contribution in [0.2, 0.25) is 0 Å². The molecule has 2 aliphatic rings. The molecule has 0 saturated carbocycles. The highest BCUT2D eigenvalue weighted by molar-refractivity contribution is 5.94. The van der Waals surface area contributed by atoms with Crippen LogP contribution in [0.25, 0.3) is 0 Å². The van der Waals surface area contributed by atoms with Crippen molar-refractivity contribution in [1.82, 2.24) is 20.9 Å². The molecule has 31 heavy (non-hydrogen) atoms. The van der Waals surface area contributed by atoms with Gasteiger partial charge in [0.2, 0.25) is 23.6 Å². The number of likely N-dealkylation sites (tertiary alicyclic amines) is 1. The lowest BCUT2D eigenvalue weighted by Crippen LogP contribution is -2.58. The second-order valence-corrected chi connectivity index (χ2v) is 8.47. The van der Waals surface area contributed by atoms with Gasteiger partial charge in [-0.3, -0.25) is 19.2 Å². The third-order valence-electron chi connectivity index (χ3n) is 5.74. The maximum Gasteiger partial charge on any atom is 0.326 e. The first-order chi connectivity index (χ1) is 14.6. The van der Waals surface area contributed by atoms with E-state index in [1.807, 2.05) is 13.8 Å². The fourth-order valence-corrected chi connectivity index (χ4v) is 3.97. The highest BCUT2D eigenvalue weighted by atomic mass is 16.4. The number of aliphatic carboxylic acids is 1. The highest BCUT2D eigenvalue weighted by Gasteiger charge is 2.40. The van der Waals surface area contributed by atoms with Crippen molar-refractivity contribution >= 4 is 29.6 Å². The van der Waals surface area contributed by atoms with E-state index < -0.39 is 35.9 Å². The quantitative estimate of drug-likeness (QED) is 0.282. The number of rotatable bonds is 10. The molecule has 0 aromatic rings. The Morgan fingerprint density at radius 2 is 1.81 bits per heavy atom. The van der Waals surface area contributed by atoms with Crippen molar-refractivity contribution < 1.29 is 29.1 Å². The van der Waals surface area contributed by atoms with Gasteiger partial charge in [-0.25, -0.2) is 4.79 Å². The summed E-state index contributed by atoms with van der Waals surface area (Å²) in [6.45, 7) is 4.74. The number of carbonyl (C=O) groups is 5. The second kappa shape index (κ2) is 11.1. The molecule has 0 aromatic heterocycles. The summed E-state index contributed by atoms with van der Waals surface area (Å²) in [7, 11) is 0. The van der Waals surface area contributed by atoms with Crippen molar-refractivity contribution in [2.75, 3.05) is 13.1 Å². The molecule has 0 spiro atoms. The van der Waals surface area contributed by atoms with E-state index in [-0.39, 0.29) is 36.6 Å². The molecule has 0 aromatic carbocycles. The molecule has 0 radical (unpaired) electrons. The van der Waals surface area contributed by atoms with Gasteiger partial charge in [0.05, 0.1) is 6.04 Å². The number of carboxylic acid groups (broad SMARTS) is 1. The van der Waals surface area contributed by atoms with Crippen molar-refractivity contribution in [2.45, 2.75) is 76.5 Å². The maximum absolute atomic E-state index is 13.2. The summed E-state index contributed by atoms with van der Waals surface area (Å²) in [5.41, 5.74) is 5.07. The first-order valence-corrected chi connectivity index (χ1v) is 10.8. The van der Waals surface area contributed by atoms with Gasteiger partial charge < -0.3 is 31.7 Å². The second-order valence-electron chi connectivity index (χ2n) is 8.47. The Morgan fingerprint density at radius 1 is 1.10 bits per heavy atom. The topological polar surface area (TPSA) is 171 Å². The monoisotopic (exact) mass is 439 g/mol. The average molecular weight is 440 g/mol. The van der Waals surface area contributed by atoms with Crippen LogP contribution in [0.1, 0.15) is 52.4 Å². The Hall–Kier alpha value is -2.69. The van der Waals surface area contributed by atoms with Crippen LogP contribution in [-0.2, 0) is 24.0 Å². The summed E-state index contributed by atoms with van der Waals surface area (Å²) in [6, 6.07) is -3.21. The lowest BCUT2D eigenvalue weighted by Gasteiger charge is -2.31. The van der Waals surface area contributed by atoms with E-state index in [9.17, 15) is 29.1 Å². The largest absolute Gasteiger partial charge is 0.480 e. The van der Waals surface area contributed by atoms with E-state index in [0.717, 1.165) is 13.0 Å².